The number of hydrogen-bond donors (Lipinski definition) is 1. The van der Waals surface area contributed by atoms with Crippen LogP contribution >= 0.6 is 0 Å². The van der Waals surface area contributed by atoms with Crippen molar-refractivity contribution in [2.24, 2.45) is 5.92 Å². The lowest BCUT2D eigenvalue weighted by Gasteiger charge is -2.20. The van der Waals surface area contributed by atoms with E-state index in [-0.39, 0.29) is 24.1 Å². The first-order chi connectivity index (χ1) is 16.7. The number of ether oxygens (including phenoxy) is 2. The predicted molar refractivity (Wildman–Crippen MR) is 141 cm³/mol. The average Bonchev–Trinajstić information content (AvgIpc) is 2.83. The molecule has 0 saturated heterocycles. The van der Waals surface area contributed by atoms with Crippen molar-refractivity contribution in [3.8, 4) is 22.8 Å². The quantitative estimate of drug-likeness (QED) is 0.447. The van der Waals surface area contributed by atoms with Crippen LogP contribution in [-0.4, -0.2) is 55.3 Å². The molecular weight excluding hydrogens is 442 g/mol. The van der Waals surface area contributed by atoms with E-state index < -0.39 is 0 Å². The molecule has 0 fully saturated rings. The SMILES string of the molecule is CCN(C)CC(C)COc1ccc2cc(-c3cccc(OC)c3)n(CC(=O)NC(C)C)c(=O)c2c1. The normalized spacial score (nSPS) is 12.2. The van der Waals surface area contributed by atoms with E-state index in [0.717, 1.165) is 24.0 Å². The fraction of sp³-hybridized carbons (Fsp3) is 0.429. The van der Waals surface area contributed by atoms with Crippen molar-refractivity contribution >= 4 is 16.7 Å². The zero-order valence-corrected chi connectivity index (χ0v) is 21.6. The molecule has 3 rings (SSSR count). The first-order valence-corrected chi connectivity index (χ1v) is 12.1. The third-order valence-electron chi connectivity index (χ3n) is 5.90. The van der Waals surface area contributed by atoms with Gasteiger partial charge >= 0.3 is 0 Å². The lowest BCUT2D eigenvalue weighted by atomic mass is 10.1. The number of aromatic nitrogens is 1. The molecule has 188 valence electrons. The maximum Gasteiger partial charge on any atom is 0.259 e. The van der Waals surface area contributed by atoms with Crippen LogP contribution in [0.5, 0.6) is 11.5 Å². The van der Waals surface area contributed by atoms with E-state index in [0.29, 0.717) is 35.1 Å². The molecule has 0 spiro atoms. The largest absolute Gasteiger partial charge is 0.497 e. The van der Waals surface area contributed by atoms with Crippen molar-refractivity contribution in [3.63, 3.8) is 0 Å². The van der Waals surface area contributed by atoms with Crippen LogP contribution in [0.15, 0.2) is 53.3 Å². The smallest absolute Gasteiger partial charge is 0.259 e. The zero-order valence-electron chi connectivity index (χ0n) is 21.6. The van der Waals surface area contributed by atoms with Gasteiger partial charge in [-0.3, -0.25) is 14.2 Å². The molecule has 0 aliphatic rings. The Morgan fingerprint density at radius 3 is 2.54 bits per heavy atom. The minimum absolute atomic E-state index is 0.0207. The van der Waals surface area contributed by atoms with Crippen LogP contribution in [0.1, 0.15) is 27.7 Å². The van der Waals surface area contributed by atoms with Gasteiger partial charge in [0.25, 0.3) is 5.56 Å². The number of pyridine rings is 1. The van der Waals surface area contributed by atoms with Crippen molar-refractivity contribution < 1.29 is 14.3 Å². The molecule has 0 bridgehead atoms. The lowest BCUT2D eigenvalue weighted by Crippen LogP contribution is -2.36. The van der Waals surface area contributed by atoms with Crippen LogP contribution in [0.3, 0.4) is 0 Å². The number of amides is 1. The van der Waals surface area contributed by atoms with Gasteiger partial charge in [-0.25, -0.2) is 0 Å². The van der Waals surface area contributed by atoms with Crippen LogP contribution < -0.4 is 20.3 Å². The monoisotopic (exact) mass is 479 g/mol. The summed E-state index contributed by atoms with van der Waals surface area (Å²) >= 11 is 0. The highest BCUT2D eigenvalue weighted by Crippen LogP contribution is 2.27. The summed E-state index contributed by atoms with van der Waals surface area (Å²) in [6.07, 6.45) is 0. The Hall–Kier alpha value is -3.32. The fourth-order valence-corrected chi connectivity index (χ4v) is 4.06. The Balaban J connectivity index is 2.01. The second-order valence-electron chi connectivity index (χ2n) is 9.40. The van der Waals surface area contributed by atoms with Crippen molar-refractivity contribution in [1.29, 1.82) is 0 Å². The van der Waals surface area contributed by atoms with Gasteiger partial charge in [-0.05, 0) is 63.2 Å². The van der Waals surface area contributed by atoms with Crippen molar-refractivity contribution in [1.82, 2.24) is 14.8 Å². The van der Waals surface area contributed by atoms with Crippen molar-refractivity contribution in [3.05, 3.63) is 58.9 Å². The summed E-state index contributed by atoms with van der Waals surface area (Å²) in [6.45, 7) is 10.5. The van der Waals surface area contributed by atoms with Crippen LogP contribution in [0.4, 0.5) is 0 Å². The molecule has 2 aromatic carbocycles. The average molecular weight is 480 g/mol. The number of fused-ring (bicyclic) bond motifs is 1. The molecule has 1 atom stereocenters. The lowest BCUT2D eigenvalue weighted by molar-refractivity contribution is -0.122. The highest BCUT2D eigenvalue weighted by atomic mass is 16.5. The van der Waals surface area contributed by atoms with E-state index in [2.05, 4.69) is 31.1 Å². The van der Waals surface area contributed by atoms with E-state index in [1.807, 2.05) is 56.3 Å². The number of hydrogen-bond acceptors (Lipinski definition) is 5. The van der Waals surface area contributed by atoms with Crippen molar-refractivity contribution in [2.45, 2.75) is 40.3 Å². The van der Waals surface area contributed by atoms with Gasteiger partial charge in [-0.15, -0.1) is 0 Å². The number of nitrogens with one attached hydrogen (secondary N) is 1. The summed E-state index contributed by atoms with van der Waals surface area (Å²) in [6, 6.07) is 15.0. The van der Waals surface area contributed by atoms with E-state index in [1.165, 1.54) is 4.57 Å². The summed E-state index contributed by atoms with van der Waals surface area (Å²) in [5.74, 6) is 1.46. The topological polar surface area (TPSA) is 72.8 Å². The van der Waals surface area contributed by atoms with E-state index in [9.17, 15) is 9.59 Å². The zero-order chi connectivity index (χ0) is 25.5. The first-order valence-electron chi connectivity index (χ1n) is 12.1. The second kappa shape index (κ2) is 11.9. The molecule has 1 heterocycles. The minimum Gasteiger partial charge on any atom is -0.497 e. The molecule has 1 aromatic heterocycles. The number of nitrogens with zero attached hydrogens (tertiary/aromatic N) is 2. The van der Waals surface area contributed by atoms with Gasteiger partial charge in [0.1, 0.15) is 18.0 Å². The molecule has 35 heavy (non-hydrogen) atoms. The number of benzene rings is 2. The Morgan fingerprint density at radius 1 is 1.09 bits per heavy atom. The van der Waals surface area contributed by atoms with Crippen LogP contribution in [0.25, 0.3) is 22.0 Å². The van der Waals surface area contributed by atoms with Gasteiger partial charge in [0.15, 0.2) is 0 Å². The molecule has 0 aliphatic heterocycles. The molecule has 0 aliphatic carbocycles. The van der Waals surface area contributed by atoms with Gasteiger partial charge in [0.2, 0.25) is 5.91 Å². The van der Waals surface area contributed by atoms with Gasteiger partial charge in [0.05, 0.1) is 24.8 Å². The summed E-state index contributed by atoms with van der Waals surface area (Å²) in [5, 5.41) is 4.19. The van der Waals surface area contributed by atoms with Gasteiger partial charge in [-0.2, -0.15) is 0 Å². The summed E-state index contributed by atoms with van der Waals surface area (Å²) in [7, 11) is 3.69. The molecule has 7 nitrogen and oxygen atoms in total. The van der Waals surface area contributed by atoms with E-state index >= 15 is 0 Å². The standard InChI is InChI=1S/C28H37N3O4/c1-7-30(5)16-20(4)18-35-24-12-11-21-14-26(22-9-8-10-23(13-22)34-6)31(28(33)25(21)15-24)17-27(32)29-19(2)3/h8-15,19-20H,7,16-18H2,1-6H3,(H,29,32). The maximum atomic E-state index is 13.7. The third kappa shape index (κ3) is 6.85. The summed E-state index contributed by atoms with van der Waals surface area (Å²) in [4.78, 5) is 28.6. The maximum absolute atomic E-state index is 13.7. The minimum atomic E-state index is -0.233. The molecule has 1 amide bonds. The molecule has 3 aromatic rings. The molecule has 0 radical (unpaired) electrons. The summed E-state index contributed by atoms with van der Waals surface area (Å²) < 4.78 is 12.9. The number of methoxy groups -OCH3 is 1. The number of carbonyl (C=O) groups excluding carboxylic acids is 1. The van der Waals surface area contributed by atoms with Gasteiger partial charge in [0, 0.05) is 24.1 Å². The molecule has 0 saturated carbocycles. The highest BCUT2D eigenvalue weighted by Gasteiger charge is 2.16. The van der Waals surface area contributed by atoms with Crippen LogP contribution in [0.2, 0.25) is 0 Å². The highest BCUT2D eigenvalue weighted by molar-refractivity contribution is 5.87. The van der Waals surface area contributed by atoms with Crippen LogP contribution in [0, 0.1) is 5.92 Å². The molecule has 1 N–H and O–H groups in total. The Kier molecular flexibility index (Phi) is 8.93. The van der Waals surface area contributed by atoms with Gasteiger partial charge in [-0.1, -0.05) is 32.0 Å². The molecule has 7 heteroatoms. The number of rotatable bonds is 11. The van der Waals surface area contributed by atoms with E-state index in [4.69, 9.17) is 9.47 Å². The molecule has 1 unspecified atom stereocenters. The van der Waals surface area contributed by atoms with E-state index in [1.54, 1.807) is 13.2 Å². The first kappa shape index (κ1) is 26.3. The number of carbonyl (C=O) groups is 1. The van der Waals surface area contributed by atoms with Crippen molar-refractivity contribution in [2.75, 3.05) is 33.9 Å². The van der Waals surface area contributed by atoms with Crippen LogP contribution in [-0.2, 0) is 11.3 Å². The molecular formula is C28H37N3O4. The summed E-state index contributed by atoms with van der Waals surface area (Å²) in [5.41, 5.74) is 1.23. The third-order valence-corrected chi connectivity index (χ3v) is 5.90. The Labute approximate surface area is 207 Å². The fourth-order valence-electron chi connectivity index (χ4n) is 4.06. The predicted octanol–water partition coefficient (Wildman–Crippen LogP) is 4.17. The second-order valence-corrected chi connectivity index (χ2v) is 9.40. The van der Waals surface area contributed by atoms with Gasteiger partial charge < -0.3 is 19.7 Å². The Morgan fingerprint density at radius 2 is 1.86 bits per heavy atom. The Bertz CT molecular complexity index is 1220.